The van der Waals surface area contributed by atoms with E-state index in [9.17, 15) is 5.11 Å². The Kier molecular flexibility index (Phi) is 3.98. The molecule has 0 spiro atoms. The van der Waals surface area contributed by atoms with Crippen LogP contribution in [-0.2, 0) is 9.47 Å². The SMILES string of the molecule is CC(O)C(C)OC1CCCCO1. The summed E-state index contributed by atoms with van der Waals surface area (Å²) in [4.78, 5) is 0. The number of aliphatic hydroxyl groups is 1. The zero-order valence-electron chi connectivity index (χ0n) is 7.82. The summed E-state index contributed by atoms with van der Waals surface area (Å²) in [6.45, 7) is 4.38. The van der Waals surface area contributed by atoms with Crippen molar-refractivity contribution in [3.05, 3.63) is 0 Å². The van der Waals surface area contributed by atoms with Gasteiger partial charge in [0.05, 0.1) is 12.2 Å². The lowest BCUT2D eigenvalue weighted by Gasteiger charge is -2.27. The molecule has 1 fully saturated rings. The van der Waals surface area contributed by atoms with E-state index in [2.05, 4.69) is 0 Å². The molecule has 1 aliphatic rings. The molecule has 0 amide bonds. The van der Waals surface area contributed by atoms with Crippen LogP contribution in [0.3, 0.4) is 0 Å². The highest BCUT2D eigenvalue weighted by molar-refractivity contribution is 4.61. The number of hydrogen-bond acceptors (Lipinski definition) is 3. The van der Waals surface area contributed by atoms with E-state index in [1.165, 1.54) is 0 Å². The third-order valence-electron chi connectivity index (χ3n) is 2.18. The predicted octanol–water partition coefficient (Wildman–Crippen LogP) is 1.30. The van der Waals surface area contributed by atoms with Gasteiger partial charge in [0.25, 0.3) is 0 Å². The Balaban J connectivity index is 2.20. The maximum atomic E-state index is 9.17. The van der Waals surface area contributed by atoms with Gasteiger partial charge in [-0.1, -0.05) is 0 Å². The molecule has 3 unspecified atom stereocenters. The fraction of sp³-hybridized carbons (Fsp3) is 1.00. The van der Waals surface area contributed by atoms with E-state index in [0.29, 0.717) is 0 Å². The lowest BCUT2D eigenvalue weighted by atomic mass is 10.2. The van der Waals surface area contributed by atoms with Gasteiger partial charge in [0.2, 0.25) is 0 Å². The largest absolute Gasteiger partial charge is 0.391 e. The second-order valence-corrected chi connectivity index (χ2v) is 3.38. The Bertz CT molecular complexity index is 119. The standard InChI is InChI=1S/C9H18O3/c1-7(10)8(2)12-9-5-3-4-6-11-9/h7-10H,3-6H2,1-2H3. The molecule has 72 valence electrons. The van der Waals surface area contributed by atoms with Crippen LogP contribution in [0.1, 0.15) is 33.1 Å². The van der Waals surface area contributed by atoms with Gasteiger partial charge in [-0.3, -0.25) is 0 Å². The summed E-state index contributed by atoms with van der Waals surface area (Å²) in [7, 11) is 0. The van der Waals surface area contributed by atoms with Gasteiger partial charge < -0.3 is 14.6 Å². The van der Waals surface area contributed by atoms with Crippen LogP contribution in [0.4, 0.5) is 0 Å². The molecule has 1 saturated heterocycles. The molecule has 3 heteroatoms. The van der Waals surface area contributed by atoms with Crippen molar-refractivity contribution in [3.8, 4) is 0 Å². The van der Waals surface area contributed by atoms with Crippen molar-refractivity contribution < 1.29 is 14.6 Å². The van der Waals surface area contributed by atoms with Crippen LogP contribution in [0.15, 0.2) is 0 Å². The van der Waals surface area contributed by atoms with Crippen LogP contribution in [0.5, 0.6) is 0 Å². The molecule has 12 heavy (non-hydrogen) atoms. The van der Waals surface area contributed by atoms with E-state index in [4.69, 9.17) is 9.47 Å². The molecule has 3 atom stereocenters. The fourth-order valence-electron chi connectivity index (χ4n) is 1.17. The maximum Gasteiger partial charge on any atom is 0.158 e. The monoisotopic (exact) mass is 174 g/mol. The molecule has 0 radical (unpaired) electrons. The molecular formula is C9H18O3. The van der Waals surface area contributed by atoms with Gasteiger partial charge in [0.15, 0.2) is 6.29 Å². The summed E-state index contributed by atoms with van der Waals surface area (Å²) >= 11 is 0. The highest BCUT2D eigenvalue weighted by atomic mass is 16.7. The first-order valence-corrected chi connectivity index (χ1v) is 4.65. The number of rotatable bonds is 3. The minimum absolute atomic E-state index is 0.0941. The third kappa shape index (κ3) is 3.09. The van der Waals surface area contributed by atoms with Crippen LogP contribution >= 0.6 is 0 Å². The van der Waals surface area contributed by atoms with Gasteiger partial charge in [0.1, 0.15) is 0 Å². The van der Waals surface area contributed by atoms with E-state index in [-0.39, 0.29) is 12.4 Å². The molecule has 1 rings (SSSR count). The Morgan fingerprint density at radius 1 is 1.42 bits per heavy atom. The summed E-state index contributed by atoms with van der Waals surface area (Å²) in [5.74, 6) is 0. The fourth-order valence-corrected chi connectivity index (χ4v) is 1.17. The molecule has 0 aromatic rings. The Morgan fingerprint density at radius 2 is 2.17 bits per heavy atom. The Labute approximate surface area is 73.7 Å². The van der Waals surface area contributed by atoms with Crippen molar-refractivity contribution in [1.29, 1.82) is 0 Å². The van der Waals surface area contributed by atoms with Crippen molar-refractivity contribution in [3.63, 3.8) is 0 Å². The Morgan fingerprint density at radius 3 is 2.67 bits per heavy atom. The van der Waals surface area contributed by atoms with Crippen LogP contribution in [-0.4, -0.2) is 30.2 Å². The highest BCUT2D eigenvalue weighted by Crippen LogP contribution is 2.16. The zero-order valence-corrected chi connectivity index (χ0v) is 7.82. The molecule has 0 aliphatic carbocycles. The van der Waals surface area contributed by atoms with Crippen molar-refractivity contribution in [1.82, 2.24) is 0 Å². The average molecular weight is 174 g/mol. The summed E-state index contributed by atoms with van der Waals surface area (Å²) in [6, 6.07) is 0. The lowest BCUT2D eigenvalue weighted by molar-refractivity contribution is -0.200. The topological polar surface area (TPSA) is 38.7 Å². The molecule has 3 nitrogen and oxygen atoms in total. The molecular weight excluding hydrogens is 156 g/mol. The van der Waals surface area contributed by atoms with Crippen molar-refractivity contribution in [2.75, 3.05) is 6.61 Å². The molecule has 1 heterocycles. The normalized spacial score (nSPS) is 29.8. The first-order chi connectivity index (χ1) is 5.70. The zero-order chi connectivity index (χ0) is 8.97. The smallest absolute Gasteiger partial charge is 0.158 e. The predicted molar refractivity (Wildman–Crippen MR) is 45.8 cm³/mol. The van der Waals surface area contributed by atoms with Crippen LogP contribution < -0.4 is 0 Å². The lowest BCUT2D eigenvalue weighted by Crippen LogP contribution is -2.31. The summed E-state index contributed by atoms with van der Waals surface area (Å²) in [6.07, 6.45) is 2.60. The van der Waals surface area contributed by atoms with Gasteiger partial charge in [-0.15, -0.1) is 0 Å². The molecule has 1 aliphatic heterocycles. The van der Waals surface area contributed by atoms with Gasteiger partial charge in [-0.05, 0) is 33.1 Å². The van der Waals surface area contributed by atoms with E-state index in [0.717, 1.165) is 25.9 Å². The molecule has 0 aromatic heterocycles. The molecule has 0 bridgehead atoms. The van der Waals surface area contributed by atoms with Crippen LogP contribution in [0, 0.1) is 0 Å². The summed E-state index contributed by atoms with van der Waals surface area (Å²) < 4.78 is 10.8. The first-order valence-electron chi connectivity index (χ1n) is 4.65. The van der Waals surface area contributed by atoms with Gasteiger partial charge in [0, 0.05) is 6.61 Å². The molecule has 0 saturated carbocycles. The number of aliphatic hydroxyl groups excluding tert-OH is 1. The van der Waals surface area contributed by atoms with Crippen LogP contribution in [0.25, 0.3) is 0 Å². The van der Waals surface area contributed by atoms with E-state index in [1.54, 1.807) is 6.92 Å². The quantitative estimate of drug-likeness (QED) is 0.701. The van der Waals surface area contributed by atoms with Crippen LogP contribution in [0.2, 0.25) is 0 Å². The van der Waals surface area contributed by atoms with Crippen molar-refractivity contribution in [2.24, 2.45) is 0 Å². The molecule has 0 aromatic carbocycles. The van der Waals surface area contributed by atoms with Gasteiger partial charge in [-0.2, -0.15) is 0 Å². The first kappa shape index (κ1) is 9.96. The number of hydrogen-bond donors (Lipinski definition) is 1. The summed E-state index contributed by atoms with van der Waals surface area (Å²) in [5, 5.41) is 9.17. The van der Waals surface area contributed by atoms with E-state index >= 15 is 0 Å². The van der Waals surface area contributed by atoms with Crippen molar-refractivity contribution in [2.45, 2.75) is 51.6 Å². The summed E-state index contributed by atoms with van der Waals surface area (Å²) in [5.41, 5.74) is 0. The second kappa shape index (κ2) is 4.80. The maximum absolute atomic E-state index is 9.17. The van der Waals surface area contributed by atoms with Crippen molar-refractivity contribution >= 4 is 0 Å². The minimum Gasteiger partial charge on any atom is -0.391 e. The highest BCUT2D eigenvalue weighted by Gasteiger charge is 2.19. The van der Waals surface area contributed by atoms with E-state index < -0.39 is 6.10 Å². The van der Waals surface area contributed by atoms with Gasteiger partial charge >= 0.3 is 0 Å². The molecule has 1 N–H and O–H groups in total. The minimum atomic E-state index is -0.421. The van der Waals surface area contributed by atoms with Gasteiger partial charge in [-0.25, -0.2) is 0 Å². The third-order valence-corrected chi connectivity index (χ3v) is 2.18. The Hall–Kier alpha value is -0.120. The number of ether oxygens (including phenoxy) is 2. The van der Waals surface area contributed by atoms with E-state index in [1.807, 2.05) is 6.92 Å². The second-order valence-electron chi connectivity index (χ2n) is 3.38. The average Bonchev–Trinajstić information content (AvgIpc) is 2.06.